The number of benzene rings is 2. The number of hydrazone groups is 1. The summed E-state index contributed by atoms with van der Waals surface area (Å²) in [5.74, 6) is 0. The van der Waals surface area contributed by atoms with Crippen LogP contribution in [0.4, 0.5) is 5.69 Å². The molecule has 0 aliphatic carbocycles. The van der Waals surface area contributed by atoms with Crippen LogP contribution in [0.1, 0.15) is 49.1 Å². The zero-order valence-corrected chi connectivity index (χ0v) is 15.3. The van der Waals surface area contributed by atoms with E-state index >= 15 is 0 Å². The third kappa shape index (κ3) is 3.20. The molecule has 0 fully saturated rings. The van der Waals surface area contributed by atoms with E-state index in [1.165, 1.54) is 5.56 Å². The first-order valence-electron chi connectivity index (χ1n) is 8.18. The molecule has 0 bridgehead atoms. The normalized spacial score (nSPS) is 16.7. The zero-order chi connectivity index (χ0) is 18.2. The highest BCUT2D eigenvalue weighted by Gasteiger charge is 2.28. The van der Waals surface area contributed by atoms with Crippen LogP contribution in [0.5, 0.6) is 0 Å². The summed E-state index contributed by atoms with van der Waals surface area (Å²) in [5.41, 5.74) is 4.23. The highest BCUT2D eigenvalue weighted by molar-refractivity contribution is 6.31. The van der Waals surface area contributed by atoms with Crippen LogP contribution in [0.15, 0.2) is 41.5 Å². The van der Waals surface area contributed by atoms with Gasteiger partial charge in [0, 0.05) is 16.1 Å². The summed E-state index contributed by atoms with van der Waals surface area (Å²) in [4.78, 5) is 11.9. The Labute approximate surface area is 152 Å². The maximum absolute atomic E-state index is 11.9. The van der Waals surface area contributed by atoms with Crippen molar-refractivity contribution in [2.24, 2.45) is 5.10 Å². The first kappa shape index (κ1) is 17.6. The van der Waals surface area contributed by atoms with Crippen molar-refractivity contribution in [3.05, 3.63) is 63.7 Å². The Balaban J connectivity index is 2.09. The molecule has 130 valence electrons. The quantitative estimate of drug-likeness (QED) is 0.837. The van der Waals surface area contributed by atoms with E-state index in [9.17, 15) is 9.90 Å². The molecule has 0 saturated carbocycles. The molecule has 3 rings (SSSR count). The van der Waals surface area contributed by atoms with Crippen molar-refractivity contribution in [2.45, 2.75) is 38.8 Å². The van der Waals surface area contributed by atoms with Crippen LogP contribution in [0.2, 0.25) is 5.02 Å². The molecule has 0 spiro atoms. The Morgan fingerprint density at radius 3 is 2.68 bits per heavy atom. The van der Waals surface area contributed by atoms with E-state index < -0.39 is 6.04 Å². The second-order valence-corrected chi connectivity index (χ2v) is 7.57. The number of aliphatic hydroxyl groups excluding tert-OH is 1. The van der Waals surface area contributed by atoms with Gasteiger partial charge in [-0.25, -0.2) is 0 Å². The molecular weight excluding hydrogens is 336 g/mol. The monoisotopic (exact) mass is 356 g/mol. The summed E-state index contributed by atoms with van der Waals surface area (Å²) in [7, 11) is 0. The summed E-state index contributed by atoms with van der Waals surface area (Å²) >= 11 is 6.18. The topological polar surface area (TPSA) is 52.9 Å². The Bertz CT molecular complexity index is 840. The van der Waals surface area contributed by atoms with Crippen molar-refractivity contribution < 1.29 is 9.90 Å². The number of hydrogen-bond donors (Lipinski definition) is 1. The molecule has 1 N–H and O–H groups in total. The highest BCUT2D eigenvalue weighted by atomic mass is 35.5. The van der Waals surface area contributed by atoms with E-state index in [0.29, 0.717) is 16.3 Å². The van der Waals surface area contributed by atoms with Gasteiger partial charge in [-0.1, -0.05) is 50.6 Å². The molecule has 0 aromatic heterocycles. The Kier molecular flexibility index (Phi) is 4.67. The highest BCUT2D eigenvalue weighted by Crippen LogP contribution is 2.37. The molecule has 2 aromatic carbocycles. The van der Waals surface area contributed by atoms with Gasteiger partial charge >= 0.3 is 0 Å². The lowest BCUT2D eigenvalue weighted by molar-refractivity contribution is -0.109. The fourth-order valence-corrected chi connectivity index (χ4v) is 3.24. The van der Waals surface area contributed by atoms with E-state index in [1.807, 2.05) is 6.07 Å². The van der Waals surface area contributed by atoms with Crippen molar-refractivity contribution in [2.75, 3.05) is 5.01 Å². The largest absolute Gasteiger partial charge is 0.392 e. The number of hydrogen-bond acceptors (Lipinski definition) is 4. The molecule has 1 atom stereocenters. The number of nitrogens with zero attached hydrogens (tertiary/aromatic N) is 2. The lowest BCUT2D eigenvalue weighted by Gasteiger charge is -2.32. The molecule has 0 amide bonds. The predicted molar refractivity (Wildman–Crippen MR) is 101 cm³/mol. The third-order valence-corrected chi connectivity index (χ3v) is 4.84. The second-order valence-electron chi connectivity index (χ2n) is 7.16. The maximum Gasteiger partial charge on any atom is 0.149 e. The van der Waals surface area contributed by atoms with E-state index in [4.69, 9.17) is 11.6 Å². The number of anilines is 1. The minimum Gasteiger partial charge on any atom is -0.392 e. The minimum atomic E-state index is -0.558. The van der Waals surface area contributed by atoms with Crippen LogP contribution in [-0.4, -0.2) is 17.6 Å². The SMILES string of the molecule is CC(C)(C)c1ccc2c(c1)C=NN(c1cccc(Cl)c1CO)C2C=O. The number of rotatable bonds is 3. The minimum absolute atomic E-state index is 0.0215. The van der Waals surface area contributed by atoms with Gasteiger partial charge in [-0.05, 0) is 34.7 Å². The summed E-state index contributed by atoms with van der Waals surface area (Å²) in [6, 6.07) is 10.9. The number of fused-ring (bicyclic) bond motifs is 1. The van der Waals surface area contributed by atoms with Gasteiger partial charge in [0.2, 0.25) is 0 Å². The van der Waals surface area contributed by atoms with Crippen LogP contribution in [0.3, 0.4) is 0 Å². The van der Waals surface area contributed by atoms with E-state index in [0.717, 1.165) is 17.4 Å². The van der Waals surface area contributed by atoms with Crippen molar-refractivity contribution in [3.8, 4) is 0 Å². The fourth-order valence-electron chi connectivity index (χ4n) is 3.01. The number of aldehydes is 1. The lowest BCUT2D eigenvalue weighted by Crippen LogP contribution is -2.30. The molecule has 0 radical (unpaired) electrons. The van der Waals surface area contributed by atoms with E-state index in [2.05, 4.69) is 38.0 Å². The molecular formula is C20H21ClN2O2. The number of aliphatic hydroxyl groups is 1. The molecule has 0 saturated heterocycles. The van der Waals surface area contributed by atoms with E-state index in [1.54, 1.807) is 29.4 Å². The Hall–Kier alpha value is -2.17. The zero-order valence-electron chi connectivity index (χ0n) is 14.5. The molecule has 2 aromatic rings. The molecule has 1 unspecified atom stereocenters. The van der Waals surface area contributed by atoms with Gasteiger partial charge in [0.1, 0.15) is 12.3 Å². The molecule has 1 aliphatic heterocycles. The summed E-state index contributed by atoms with van der Waals surface area (Å²) in [6.45, 7) is 6.23. The van der Waals surface area contributed by atoms with Crippen molar-refractivity contribution in [1.82, 2.24) is 0 Å². The van der Waals surface area contributed by atoms with Gasteiger partial charge in [-0.15, -0.1) is 0 Å². The molecule has 4 nitrogen and oxygen atoms in total. The van der Waals surface area contributed by atoms with Crippen LogP contribution in [0, 0.1) is 0 Å². The number of carbonyl (C=O) groups excluding carboxylic acids is 1. The second kappa shape index (κ2) is 6.62. The van der Waals surface area contributed by atoms with Crippen molar-refractivity contribution >= 4 is 29.8 Å². The predicted octanol–water partition coefficient (Wildman–Crippen LogP) is 4.22. The van der Waals surface area contributed by atoms with Crippen LogP contribution < -0.4 is 5.01 Å². The van der Waals surface area contributed by atoms with Gasteiger partial charge in [-0.2, -0.15) is 5.10 Å². The smallest absolute Gasteiger partial charge is 0.149 e. The van der Waals surface area contributed by atoms with Crippen LogP contribution in [-0.2, 0) is 16.8 Å². The van der Waals surface area contributed by atoms with Crippen LogP contribution in [0.25, 0.3) is 0 Å². The number of halogens is 1. The number of carbonyl (C=O) groups is 1. The van der Waals surface area contributed by atoms with Gasteiger partial charge in [0.05, 0.1) is 18.5 Å². The molecule has 1 aliphatic rings. The van der Waals surface area contributed by atoms with E-state index in [-0.39, 0.29) is 12.0 Å². The van der Waals surface area contributed by atoms with Crippen molar-refractivity contribution in [3.63, 3.8) is 0 Å². The first-order chi connectivity index (χ1) is 11.9. The van der Waals surface area contributed by atoms with Gasteiger partial charge in [-0.3, -0.25) is 5.01 Å². The maximum atomic E-state index is 11.9. The van der Waals surface area contributed by atoms with Crippen molar-refractivity contribution in [1.29, 1.82) is 0 Å². The third-order valence-electron chi connectivity index (χ3n) is 4.48. The molecule has 5 heteroatoms. The van der Waals surface area contributed by atoms with Gasteiger partial charge in [0.15, 0.2) is 0 Å². The van der Waals surface area contributed by atoms with Gasteiger partial charge in [0.25, 0.3) is 0 Å². The van der Waals surface area contributed by atoms with Gasteiger partial charge < -0.3 is 9.90 Å². The Morgan fingerprint density at radius 2 is 2.04 bits per heavy atom. The first-order valence-corrected chi connectivity index (χ1v) is 8.56. The fraction of sp³-hybridized carbons (Fsp3) is 0.300. The summed E-state index contributed by atoms with van der Waals surface area (Å²) < 4.78 is 0. The standard InChI is InChI=1S/C20H21ClN2O2/c1-20(2,3)14-7-8-15-13(9-14)10-22-23(19(15)12-25)18-6-4-5-17(21)16(18)11-24/h4-10,12,19,24H,11H2,1-3H3. The molecule has 1 heterocycles. The summed E-state index contributed by atoms with van der Waals surface area (Å²) in [5, 5.41) is 16.2. The summed E-state index contributed by atoms with van der Waals surface area (Å²) in [6.07, 6.45) is 2.63. The van der Waals surface area contributed by atoms with Crippen LogP contribution >= 0.6 is 11.6 Å². The lowest BCUT2D eigenvalue weighted by atomic mass is 9.84. The average molecular weight is 357 g/mol. The Morgan fingerprint density at radius 1 is 1.28 bits per heavy atom. The molecule has 25 heavy (non-hydrogen) atoms. The average Bonchev–Trinajstić information content (AvgIpc) is 2.59.